The minimum absolute atomic E-state index is 0.267. The van der Waals surface area contributed by atoms with E-state index in [1.165, 1.54) is 12.1 Å². The summed E-state index contributed by atoms with van der Waals surface area (Å²) in [6.07, 6.45) is 1.37. The van der Waals surface area contributed by atoms with Gasteiger partial charge in [0.15, 0.2) is 5.75 Å². The molecular weight excluding hydrogens is 247 g/mol. The van der Waals surface area contributed by atoms with Crippen LogP contribution in [0.4, 0.5) is 4.39 Å². The highest BCUT2D eigenvalue weighted by molar-refractivity contribution is 5.45. The van der Waals surface area contributed by atoms with E-state index < -0.39 is 0 Å². The molecule has 1 atom stereocenters. The zero-order valence-corrected chi connectivity index (χ0v) is 10.4. The summed E-state index contributed by atoms with van der Waals surface area (Å²) >= 11 is 0. The lowest BCUT2D eigenvalue weighted by molar-refractivity contribution is 0.198. The summed E-state index contributed by atoms with van der Waals surface area (Å²) in [6.45, 7) is 0.581. The molecule has 1 aliphatic rings. The van der Waals surface area contributed by atoms with Gasteiger partial charge in [0.05, 0.1) is 0 Å². The van der Waals surface area contributed by atoms with Crippen LogP contribution in [-0.4, -0.2) is 18.6 Å². The smallest absolute Gasteiger partial charge is 0.258 e. The van der Waals surface area contributed by atoms with Crippen LogP contribution in [0.25, 0.3) is 0 Å². The molecule has 1 N–H and O–H groups in total. The Hall–Kier alpha value is -2.14. The average Bonchev–Trinajstić information content (AvgIpc) is 2.55. The van der Waals surface area contributed by atoms with Crippen molar-refractivity contribution in [1.82, 2.24) is 10.3 Å². The summed E-state index contributed by atoms with van der Waals surface area (Å²) in [7, 11) is 1.83. The number of fused-ring (bicyclic) bond motifs is 2. The lowest BCUT2D eigenvalue weighted by Gasteiger charge is -2.16. The number of hydrogen-bond donors (Lipinski definition) is 1. The first kappa shape index (κ1) is 11.9. The number of hydrogen-bond acceptors (Lipinski definition) is 4. The minimum atomic E-state index is -0.339. The standard InChI is InChI=1S/C14H13FN2O2/c1-16-8-13-10-5-4-9(15)7-12(10)18-11-3-2-6-17-14(11)19-13/h2-7,13,16H,8H2,1H3/t13-/m0/s1. The van der Waals surface area contributed by atoms with Crippen LogP contribution < -0.4 is 14.8 Å². The number of pyridine rings is 1. The number of nitrogens with one attached hydrogen (secondary N) is 1. The van der Waals surface area contributed by atoms with E-state index in [9.17, 15) is 4.39 Å². The molecular formula is C14H13FN2O2. The van der Waals surface area contributed by atoms with Crippen molar-refractivity contribution >= 4 is 0 Å². The predicted octanol–water partition coefficient (Wildman–Crippen LogP) is 2.67. The Bertz CT molecular complexity index is 604. The Morgan fingerprint density at radius 1 is 1.32 bits per heavy atom. The fraction of sp³-hybridized carbons (Fsp3) is 0.214. The van der Waals surface area contributed by atoms with Crippen molar-refractivity contribution in [3.63, 3.8) is 0 Å². The number of ether oxygens (including phenoxy) is 2. The summed E-state index contributed by atoms with van der Waals surface area (Å²) in [5.41, 5.74) is 0.800. The van der Waals surface area contributed by atoms with Crippen LogP contribution in [0, 0.1) is 5.82 Å². The van der Waals surface area contributed by atoms with Crippen LogP contribution in [0.1, 0.15) is 11.7 Å². The Morgan fingerprint density at radius 2 is 2.21 bits per heavy atom. The van der Waals surface area contributed by atoms with Crippen LogP contribution in [-0.2, 0) is 0 Å². The zero-order chi connectivity index (χ0) is 13.2. The van der Waals surface area contributed by atoms with Crippen molar-refractivity contribution in [1.29, 1.82) is 0 Å². The second-order valence-corrected chi connectivity index (χ2v) is 4.26. The maximum atomic E-state index is 13.4. The third-order valence-corrected chi connectivity index (χ3v) is 2.92. The van der Waals surface area contributed by atoms with E-state index in [2.05, 4.69) is 10.3 Å². The van der Waals surface area contributed by atoms with E-state index in [-0.39, 0.29) is 11.9 Å². The molecule has 3 rings (SSSR count). The van der Waals surface area contributed by atoms with E-state index in [1.54, 1.807) is 24.4 Å². The highest BCUT2D eigenvalue weighted by atomic mass is 19.1. The van der Waals surface area contributed by atoms with Gasteiger partial charge in [0.1, 0.15) is 17.7 Å². The average molecular weight is 260 g/mol. The Morgan fingerprint density at radius 3 is 3.05 bits per heavy atom. The van der Waals surface area contributed by atoms with E-state index in [4.69, 9.17) is 9.47 Å². The van der Waals surface area contributed by atoms with Crippen LogP contribution in [0.3, 0.4) is 0 Å². The largest absolute Gasteiger partial charge is 0.465 e. The third kappa shape index (κ3) is 2.24. The molecule has 5 heteroatoms. The quantitative estimate of drug-likeness (QED) is 0.901. The van der Waals surface area contributed by atoms with Gasteiger partial charge in [-0.25, -0.2) is 9.37 Å². The molecule has 0 saturated carbocycles. The third-order valence-electron chi connectivity index (χ3n) is 2.92. The van der Waals surface area contributed by atoms with Gasteiger partial charge in [-0.3, -0.25) is 0 Å². The monoisotopic (exact) mass is 260 g/mol. The van der Waals surface area contributed by atoms with E-state index in [0.717, 1.165) is 5.56 Å². The molecule has 0 fully saturated rings. The zero-order valence-electron chi connectivity index (χ0n) is 10.4. The molecule has 0 aliphatic carbocycles. The molecule has 98 valence electrons. The van der Waals surface area contributed by atoms with Gasteiger partial charge < -0.3 is 14.8 Å². The first-order valence-corrected chi connectivity index (χ1v) is 6.01. The first-order valence-electron chi connectivity index (χ1n) is 6.01. The number of halogens is 1. The van der Waals surface area contributed by atoms with Gasteiger partial charge in [-0.2, -0.15) is 0 Å². The molecule has 1 aromatic carbocycles. The van der Waals surface area contributed by atoms with Crippen molar-refractivity contribution < 1.29 is 13.9 Å². The maximum absolute atomic E-state index is 13.4. The number of likely N-dealkylation sites (N-methyl/N-ethyl adjacent to an activating group) is 1. The van der Waals surface area contributed by atoms with Crippen molar-refractivity contribution in [2.24, 2.45) is 0 Å². The molecule has 2 aromatic rings. The van der Waals surface area contributed by atoms with Crippen molar-refractivity contribution in [2.75, 3.05) is 13.6 Å². The van der Waals surface area contributed by atoms with Crippen LogP contribution >= 0.6 is 0 Å². The van der Waals surface area contributed by atoms with E-state index in [1.807, 2.05) is 7.05 Å². The van der Waals surface area contributed by atoms with Gasteiger partial charge in [0, 0.05) is 24.4 Å². The normalized spacial score (nSPS) is 16.6. The molecule has 0 unspecified atom stereocenters. The summed E-state index contributed by atoms with van der Waals surface area (Å²) in [4.78, 5) is 4.15. The highest BCUT2D eigenvalue weighted by Gasteiger charge is 2.25. The molecule has 0 spiro atoms. The molecule has 19 heavy (non-hydrogen) atoms. The number of aromatic nitrogens is 1. The van der Waals surface area contributed by atoms with Gasteiger partial charge in [0.2, 0.25) is 0 Å². The fourth-order valence-electron chi connectivity index (χ4n) is 2.06. The SMILES string of the molecule is CNC[C@@H]1Oc2ncccc2Oc2cc(F)ccc21. The van der Waals surface area contributed by atoms with Crippen molar-refractivity contribution in [3.05, 3.63) is 47.9 Å². The lowest BCUT2D eigenvalue weighted by atomic mass is 10.1. The predicted molar refractivity (Wildman–Crippen MR) is 68.0 cm³/mol. The minimum Gasteiger partial charge on any atom is -0.465 e. The Balaban J connectivity index is 2.10. The van der Waals surface area contributed by atoms with Crippen LogP contribution in [0.15, 0.2) is 36.5 Å². The molecule has 2 heterocycles. The maximum Gasteiger partial charge on any atom is 0.258 e. The molecule has 4 nitrogen and oxygen atoms in total. The van der Waals surface area contributed by atoms with Crippen molar-refractivity contribution in [3.8, 4) is 17.4 Å². The second-order valence-electron chi connectivity index (χ2n) is 4.26. The Labute approximate surface area is 110 Å². The second kappa shape index (κ2) is 4.85. The topological polar surface area (TPSA) is 43.4 Å². The van der Waals surface area contributed by atoms with Gasteiger partial charge in [-0.1, -0.05) is 0 Å². The van der Waals surface area contributed by atoms with Crippen molar-refractivity contribution in [2.45, 2.75) is 6.10 Å². The fourth-order valence-corrected chi connectivity index (χ4v) is 2.06. The summed E-state index contributed by atoms with van der Waals surface area (Å²) < 4.78 is 24.9. The molecule has 0 radical (unpaired) electrons. The Kier molecular flexibility index (Phi) is 3.05. The van der Waals surface area contributed by atoms with Crippen LogP contribution in [0.5, 0.6) is 17.4 Å². The van der Waals surface area contributed by atoms with Gasteiger partial charge in [0.25, 0.3) is 5.88 Å². The van der Waals surface area contributed by atoms with Gasteiger partial charge >= 0.3 is 0 Å². The van der Waals surface area contributed by atoms with Crippen LogP contribution in [0.2, 0.25) is 0 Å². The lowest BCUT2D eigenvalue weighted by Crippen LogP contribution is -2.21. The summed E-state index contributed by atoms with van der Waals surface area (Å²) in [6, 6.07) is 7.94. The molecule has 0 bridgehead atoms. The molecule has 0 amide bonds. The van der Waals surface area contributed by atoms with E-state index in [0.29, 0.717) is 23.9 Å². The molecule has 0 saturated heterocycles. The summed E-state index contributed by atoms with van der Waals surface area (Å²) in [5, 5.41) is 3.05. The highest BCUT2D eigenvalue weighted by Crippen LogP contribution is 2.40. The first-order chi connectivity index (χ1) is 9.28. The molecule has 1 aromatic heterocycles. The van der Waals surface area contributed by atoms with Gasteiger partial charge in [-0.15, -0.1) is 0 Å². The number of rotatable bonds is 2. The van der Waals surface area contributed by atoms with Gasteiger partial charge in [-0.05, 0) is 31.3 Å². The number of benzene rings is 1. The summed E-state index contributed by atoms with van der Waals surface area (Å²) in [5.74, 6) is 1.04. The number of nitrogens with zero attached hydrogens (tertiary/aromatic N) is 1. The molecule has 1 aliphatic heterocycles. The van der Waals surface area contributed by atoms with E-state index >= 15 is 0 Å².